The number of hydrogen-bond acceptors (Lipinski definition) is 4. The number of rotatable bonds is 7. The predicted molar refractivity (Wildman–Crippen MR) is 81.1 cm³/mol. The Hall–Kier alpha value is -1.09. The Morgan fingerprint density at radius 2 is 2.11 bits per heavy atom. The van der Waals surface area contributed by atoms with Gasteiger partial charge in [0, 0.05) is 17.6 Å². The third kappa shape index (κ3) is 5.19. The summed E-state index contributed by atoms with van der Waals surface area (Å²) in [7, 11) is 0. The number of halogens is 1. The number of nitrogens with one attached hydrogen (secondary N) is 1. The molecule has 0 bridgehead atoms. The fourth-order valence-electron chi connectivity index (χ4n) is 1.83. The zero-order valence-electron chi connectivity index (χ0n) is 11.4. The van der Waals surface area contributed by atoms with Gasteiger partial charge in [-0.05, 0) is 31.3 Å². The quantitative estimate of drug-likeness (QED) is 0.808. The van der Waals surface area contributed by atoms with E-state index in [0.717, 1.165) is 23.2 Å². The molecule has 0 radical (unpaired) electrons. The zero-order chi connectivity index (χ0) is 14.3. The van der Waals surface area contributed by atoms with Crippen LogP contribution in [-0.4, -0.2) is 42.3 Å². The van der Waals surface area contributed by atoms with Crippen LogP contribution in [0.2, 0.25) is 0 Å². The maximum Gasteiger partial charge on any atom is 0.101 e. The van der Waals surface area contributed by atoms with Gasteiger partial charge in [0.25, 0.3) is 0 Å². The maximum absolute atomic E-state index is 9.98. The van der Waals surface area contributed by atoms with E-state index in [1.807, 2.05) is 12.1 Å². The van der Waals surface area contributed by atoms with Crippen LogP contribution in [0, 0.1) is 11.3 Å². The van der Waals surface area contributed by atoms with Crippen molar-refractivity contribution in [2.75, 3.05) is 31.5 Å². The molecule has 0 aliphatic heterocycles. The van der Waals surface area contributed by atoms with Crippen molar-refractivity contribution in [1.82, 2.24) is 4.90 Å². The molecular formula is C14H20BrN3O. The highest BCUT2D eigenvalue weighted by molar-refractivity contribution is 9.10. The average Bonchev–Trinajstić information content (AvgIpc) is 2.42. The molecule has 0 fully saturated rings. The Balaban J connectivity index is 2.57. The number of likely N-dealkylation sites (N-methyl/N-ethyl adjacent to an activating group) is 1. The molecule has 1 aromatic carbocycles. The van der Waals surface area contributed by atoms with Crippen LogP contribution in [0.4, 0.5) is 5.69 Å². The average molecular weight is 326 g/mol. The van der Waals surface area contributed by atoms with E-state index in [1.165, 1.54) is 0 Å². The second kappa shape index (κ2) is 8.16. The maximum atomic E-state index is 9.98. The number of hydrogen-bond donors (Lipinski definition) is 2. The van der Waals surface area contributed by atoms with Crippen molar-refractivity contribution in [3.05, 3.63) is 28.2 Å². The number of benzene rings is 1. The third-order valence-electron chi connectivity index (χ3n) is 2.99. The molecule has 0 aromatic heterocycles. The van der Waals surface area contributed by atoms with E-state index in [2.05, 4.69) is 46.1 Å². The molecular weight excluding hydrogens is 306 g/mol. The standard InChI is InChI=1S/C14H20BrN3O/c1-3-18(4-2)10-13(19)9-17-14-7-12(15)6-5-11(14)8-16/h5-7,13,17,19H,3-4,9-10H2,1-2H3. The van der Waals surface area contributed by atoms with Crippen molar-refractivity contribution >= 4 is 21.6 Å². The summed E-state index contributed by atoms with van der Waals surface area (Å²) in [6.45, 7) is 7.07. The molecule has 0 saturated carbocycles. The van der Waals surface area contributed by atoms with E-state index in [4.69, 9.17) is 5.26 Å². The molecule has 4 nitrogen and oxygen atoms in total. The minimum Gasteiger partial charge on any atom is -0.390 e. The van der Waals surface area contributed by atoms with E-state index in [-0.39, 0.29) is 0 Å². The molecule has 1 aromatic rings. The largest absolute Gasteiger partial charge is 0.390 e. The van der Waals surface area contributed by atoms with Gasteiger partial charge in [0.2, 0.25) is 0 Å². The summed E-state index contributed by atoms with van der Waals surface area (Å²) < 4.78 is 0.909. The molecule has 0 saturated heterocycles. The highest BCUT2D eigenvalue weighted by atomic mass is 79.9. The molecule has 0 aliphatic carbocycles. The number of nitrogens with zero attached hydrogens (tertiary/aromatic N) is 2. The van der Waals surface area contributed by atoms with E-state index in [0.29, 0.717) is 18.7 Å². The molecule has 1 atom stereocenters. The van der Waals surface area contributed by atoms with Crippen molar-refractivity contribution in [3.63, 3.8) is 0 Å². The van der Waals surface area contributed by atoms with Gasteiger partial charge in [0.15, 0.2) is 0 Å². The van der Waals surface area contributed by atoms with Gasteiger partial charge in [0.05, 0.1) is 17.4 Å². The molecule has 5 heteroatoms. The molecule has 1 rings (SSSR count). The summed E-state index contributed by atoms with van der Waals surface area (Å²) in [4.78, 5) is 2.17. The van der Waals surface area contributed by atoms with Crippen LogP contribution in [0.5, 0.6) is 0 Å². The van der Waals surface area contributed by atoms with Gasteiger partial charge in [-0.2, -0.15) is 5.26 Å². The lowest BCUT2D eigenvalue weighted by molar-refractivity contribution is 0.128. The molecule has 1 unspecified atom stereocenters. The SMILES string of the molecule is CCN(CC)CC(O)CNc1cc(Br)ccc1C#N. The molecule has 2 N–H and O–H groups in total. The Labute approximate surface area is 123 Å². The van der Waals surface area contributed by atoms with Crippen LogP contribution in [0.25, 0.3) is 0 Å². The van der Waals surface area contributed by atoms with Gasteiger partial charge in [-0.15, -0.1) is 0 Å². The Kier molecular flexibility index (Phi) is 6.85. The first-order valence-corrected chi connectivity index (χ1v) is 7.23. The van der Waals surface area contributed by atoms with Gasteiger partial charge in [-0.1, -0.05) is 29.8 Å². The highest BCUT2D eigenvalue weighted by Gasteiger charge is 2.10. The van der Waals surface area contributed by atoms with E-state index < -0.39 is 6.10 Å². The minimum absolute atomic E-state index is 0.432. The second-order valence-electron chi connectivity index (χ2n) is 4.32. The van der Waals surface area contributed by atoms with Crippen LogP contribution in [0.1, 0.15) is 19.4 Å². The summed E-state index contributed by atoms with van der Waals surface area (Å²) in [6.07, 6.45) is -0.453. The topological polar surface area (TPSA) is 59.3 Å². The Morgan fingerprint density at radius 3 is 2.68 bits per heavy atom. The predicted octanol–water partition coefficient (Wildman–Crippen LogP) is 2.44. The lowest BCUT2D eigenvalue weighted by Gasteiger charge is -2.22. The first-order chi connectivity index (χ1) is 9.10. The molecule has 0 spiro atoms. The third-order valence-corrected chi connectivity index (χ3v) is 3.49. The lowest BCUT2D eigenvalue weighted by atomic mass is 10.2. The van der Waals surface area contributed by atoms with Crippen molar-refractivity contribution in [3.8, 4) is 6.07 Å². The summed E-state index contributed by atoms with van der Waals surface area (Å²) >= 11 is 3.38. The van der Waals surface area contributed by atoms with Crippen LogP contribution < -0.4 is 5.32 Å². The normalized spacial score (nSPS) is 12.2. The van der Waals surface area contributed by atoms with E-state index in [1.54, 1.807) is 6.07 Å². The van der Waals surface area contributed by atoms with Crippen LogP contribution in [-0.2, 0) is 0 Å². The second-order valence-corrected chi connectivity index (χ2v) is 5.24. The van der Waals surface area contributed by atoms with Crippen molar-refractivity contribution in [2.45, 2.75) is 20.0 Å². The van der Waals surface area contributed by atoms with Gasteiger partial charge in [-0.25, -0.2) is 0 Å². The van der Waals surface area contributed by atoms with Gasteiger partial charge >= 0.3 is 0 Å². The van der Waals surface area contributed by atoms with E-state index in [9.17, 15) is 5.11 Å². The van der Waals surface area contributed by atoms with Crippen molar-refractivity contribution in [2.24, 2.45) is 0 Å². The summed E-state index contributed by atoms with van der Waals surface area (Å²) in [5, 5.41) is 22.1. The van der Waals surface area contributed by atoms with E-state index >= 15 is 0 Å². The monoisotopic (exact) mass is 325 g/mol. The summed E-state index contributed by atoms with van der Waals surface area (Å²) in [5.41, 5.74) is 1.33. The van der Waals surface area contributed by atoms with Gasteiger partial charge in [0.1, 0.15) is 6.07 Å². The van der Waals surface area contributed by atoms with Crippen molar-refractivity contribution < 1.29 is 5.11 Å². The minimum atomic E-state index is -0.453. The number of aliphatic hydroxyl groups is 1. The zero-order valence-corrected chi connectivity index (χ0v) is 12.9. The smallest absolute Gasteiger partial charge is 0.101 e. The Bertz CT molecular complexity index is 441. The number of aliphatic hydroxyl groups excluding tert-OH is 1. The molecule has 0 aliphatic rings. The highest BCUT2D eigenvalue weighted by Crippen LogP contribution is 2.20. The first-order valence-electron chi connectivity index (χ1n) is 6.44. The summed E-state index contributed by atoms with van der Waals surface area (Å²) in [6, 6.07) is 7.57. The van der Waals surface area contributed by atoms with Crippen molar-refractivity contribution in [1.29, 1.82) is 5.26 Å². The number of nitriles is 1. The molecule has 0 heterocycles. The molecule has 19 heavy (non-hydrogen) atoms. The Morgan fingerprint density at radius 1 is 1.42 bits per heavy atom. The van der Waals surface area contributed by atoms with Crippen LogP contribution in [0.15, 0.2) is 22.7 Å². The van der Waals surface area contributed by atoms with Gasteiger partial charge in [-0.3, -0.25) is 0 Å². The fraction of sp³-hybridized carbons (Fsp3) is 0.500. The first kappa shape index (κ1) is 16.0. The van der Waals surface area contributed by atoms with Gasteiger partial charge < -0.3 is 15.3 Å². The summed E-state index contributed by atoms with van der Waals surface area (Å²) in [5.74, 6) is 0. The fourth-order valence-corrected chi connectivity index (χ4v) is 2.19. The van der Waals surface area contributed by atoms with Crippen LogP contribution in [0.3, 0.4) is 0 Å². The molecule has 104 valence electrons. The molecule has 0 amide bonds. The van der Waals surface area contributed by atoms with Crippen LogP contribution >= 0.6 is 15.9 Å². The lowest BCUT2D eigenvalue weighted by Crippen LogP contribution is -2.36. The number of anilines is 1.